The second-order valence-corrected chi connectivity index (χ2v) is 5.57. The zero-order chi connectivity index (χ0) is 15.0. The quantitative estimate of drug-likeness (QED) is 0.930. The molecule has 1 saturated carbocycles. The van der Waals surface area contributed by atoms with Crippen LogP contribution in [0.15, 0.2) is 35.3 Å². The third kappa shape index (κ3) is 2.63. The molecule has 2 aromatic heterocycles. The van der Waals surface area contributed by atoms with Crippen molar-refractivity contribution in [2.24, 2.45) is 7.05 Å². The van der Waals surface area contributed by atoms with Crippen LogP contribution in [0.2, 0.25) is 0 Å². The van der Waals surface area contributed by atoms with Crippen LogP contribution in [-0.2, 0) is 13.6 Å². The molecule has 2 heterocycles. The van der Waals surface area contributed by atoms with Crippen LogP contribution in [0, 0.1) is 6.92 Å². The van der Waals surface area contributed by atoms with E-state index in [1.54, 1.807) is 22.9 Å². The van der Waals surface area contributed by atoms with Crippen LogP contribution in [0.5, 0.6) is 0 Å². The highest BCUT2D eigenvalue weighted by molar-refractivity contribution is 5.93. The molecule has 5 nitrogen and oxygen atoms in total. The molecule has 0 radical (unpaired) electrons. The van der Waals surface area contributed by atoms with Gasteiger partial charge in [0.05, 0.1) is 6.54 Å². The van der Waals surface area contributed by atoms with Gasteiger partial charge in [0.2, 0.25) is 0 Å². The Morgan fingerprint density at radius 2 is 2.10 bits per heavy atom. The van der Waals surface area contributed by atoms with Gasteiger partial charge in [-0.2, -0.15) is 0 Å². The van der Waals surface area contributed by atoms with Crippen molar-refractivity contribution in [1.29, 1.82) is 0 Å². The molecule has 5 heteroatoms. The summed E-state index contributed by atoms with van der Waals surface area (Å²) in [7, 11) is 1.96. The number of pyridine rings is 1. The second-order valence-electron chi connectivity index (χ2n) is 5.57. The zero-order valence-corrected chi connectivity index (χ0v) is 12.3. The molecule has 1 aliphatic carbocycles. The van der Waals surface area contributed by atoms with E-state index in [1.165, 1.54) is 0 Å². The Morgan fingerprint density at radius 1 is 1.33 bits per heavy atom. The van der Waals surface area contributed by atoms with Crippen LogP contribution >= 0.6 is 0 Å². The van der Waals surface area contributed by atoms with Crippen molar-refractivity contribution in [1.82, 2.24) is 14.5 Å². The van der Waals surface area contributed by atoms with Crippen molar-refractivity contribution in [3.63, 3.8) is 0 Å². The van der Waals surface area contributed by atoms with Gasteiger partial charge in [0.25, 0.3) is 11.5 Å². The van der Waals surface area contributed by atoms with Gasteiger partial charge in [-0.3, -0.25) is 9.59 Å². The summed E-state index contributed by atoms with van der Waals surface area (Å²) < 4.78 is 3.69. The van der Waals surface area contributed by atoms with Crippen molar-refractivity contribution in [3.8, 4) is 0 Å². The van der Waals surface area contributed by atoms with E-state index in [-0.39, 0.29) is 23.1 Å². The van der Waals surface area contributed by atoms with Crippen molar-refractivity contribution < 1.29 is 4.79 Å². The second kappa shape index (κ2) is 5.24. The molecule has 3 rings (SSSR count). The van der Waals surface area contributed by atoms with Gasteiger partial charge in [-0.25, -0.2) is 0 Å². The average Bonchev–Trinajstić information content (AvgIpc) is 3.26. The molecule has 21 heavy (non-hydrogen) atoms. The van der Waals surface area contributed by atoms with Gasteiger partial charge in [-0.1, -0.05) is 0 Å². The third-order valence-corrected chi connectivity index (χ3v) is 4.07. The summed E-state index contributed by atoms with van der Waals surface area (Å²) in [6.45, 7) is 2.43. The van der Waals surface area contributed by atoms with Crippen LogP contribution < -0.4 is 10.9 Å². The number of carbonyl (C=O) groups excluding carboxylic acids is 1. The molecule has 1 N–H and O–H groups in total. The van der Waals surface area contributed by atoms with Crippen LogP contribution in [0.3, 0.4) is 0 Å². The monoisotopic (exact) mass is 285 g/mol. The molecule has 0 unspecified atom stereocenters. The van der Waals surface area contributed by atoms with Crippen LogP contribution in [0.4, 0.5) is 0 Å². The molecule has 1 aliphatic rings. The largest absolute Gasteiger partial charge is 0.350 e. The lowest BCUT2D eigenvalue weighted by molar-refractivity contribution is 0.0948. The predicted octanol–water partition coefficient (Wildman–Crippen LogP) is 1.76. The summed E-state index contributed by atoms with van der Waals surface area (Å²) in [5.41, 5.74) is 2.17. The number of hydrogen-bond acceptors (Lipinski definition) is 2. The lowest BCUT2D eigenvalue weighted by Gasteiger charge is -2.09. The van der Waals surface area contributed by atoms with Crippen LogP contribution in [0.1, 0.15) is 40.6 Å². The number of hydrogen-bond donors (Lipinski definition) is 1. The first-order valence-corrected chi connectivity index (χ1v) is 7.18. The lowest BCUT2D eigenvalue weighted by atomic mass is 10.2. The normalized spacial score (nSPS) is 14.2. The maximum Gasteiger partial charge on any atom is 0.263 e. The van der Waals surface area contributed by atoms with E-state index in [4.69, 9.17) is 0 Å². The molecule has 0 spiro atoms. The Bertz CT molecular complexity index is 738. The van der Waals surface area contributed by atoms with Crippen molar-refractivity contribution >= 4 is 5.91 Å². The first-order chi connectivity index (χ1) is 10.1. The Labute approximate surface area is 123 Å². The van der Waals surface area contributed by atoms with Crippen molar-refractivity contribution in [3.05, 3.63) is 57.8 Å². The molecule has 0 bridgehead atoms. The van der Waals surface area contributed by atoms with Gasteiger partial charge in [0.15, 0.2) is 0 Å². The number of carbonyl (C=O) groups is 1. The maximum atomic E-state index is 12.3. The van der Waals surface area contributed by atoms with Crippen LogP contribution in [0.25, 0.3) is 0 Å². The fourth-order valence-electron chi connectivity index (χ4n) is 2.43. The topological polar surface area (TPSA) is 56.0 Å². The van der Waals surface area contributed by atoms with Gasteiger partial charge < -0.3 is 14.5 Å². The van der Waals surface area contributed by atoms with Gasteiger partial charge in [-0.15, -0.1) is 0 Å². The highest BCUT2D eigenvalue weighted by atomic mass is 16.2. The first kappa shape index (κ1) is 13.7. The van der Waals surface area contributed by atoms with E-state index >= 15 is 0 Å². The standard InChI is InChI=1S/C16H19N3O2/c1-11-5-6-13(18(11)2)10-17-15(20)14-4-3-9-19(16(14)21)12-7-8-12/h3-6,9,12H,7-8,10H2,1-2H3,(H,17,20). The van der Waals surface area contributed by atoms with Crippen molar-refractivity contribution in [2.75, 3.05) is 0 Å². The minimum atomic E-state index is -0.311. The van der Waals surface area contributed by atoms with E-state index in [9.17, 15) is 9.59 Å². The number of nitrogens with one attached hydrogen (secondary N) is 1. The SMILES string of the molecule is Cc1ccc(CNC(=O)c2cccn(C3CC3)c2=O)n1C. The molecule has 2 aromatic rings. The Kier molecular flexibility index (Phi) is 3.41. The Hall–Kier alpha value is -2.30. The zero-order valence-electron chi connectivity index (χ0n) is 12.3. The smallest absolute Gasteiger partial charge is 0.263 e. The molecule has 1 amide bonds. The molecule has 0 atom stereocenters. The fraction of sp³-hybridized carbons (Fsp3) is 0.375. The number of nitrogens with zero attached hydrogens (tertiary/aromatic N) is 2. The molecule has 0 aliphatic heterocycles. The van der Waals surface area contributed by atoms with Crippen molar-refractivity contribution in [2.45, 2.75) is 32.4 Å². The highest BCUT2D eigenvalue weighted by Crippen LogP contribution is 2.33. The molecule has 0 aromatic carbocycles. The average molecular weight is 285 g/mol. The van der Waals surface area contributed by atoms with E-state index in [2.05, 4.69) is 5.32 Å². The van der Waals surface area contributed by atoms with Gasteiger partial charge >= 0.3 is 0 Å². The maximum absolute atomic E-state index is 12.3. The summed E-state index contributed by atoms with van der Waals surface area (Å²) in [6.07, 6.45) is 3.80. The van der Waals surface area contributed by atoms with Crippen LogP contribution in [-0.4, -0.2) is 15.0 Å². The molecule has 0 saturated heterocycles. The van der Waals surface area contributed by atoms with Gasteiger partial charge in [0, 0.05) is 30.7 Å². The first-order valence-electron chi connectivity index (χ1n) is 7.18. The summed E-state index contributed by atoms with van der Waals surface area (Å²) in [5.74, 6) is -0.311. The van der Waals surface area contributed by atoms with E-state index in [0.717, 1.165) is 24.2 Å². The molecule has 110 valence electrons. The summed E-state index contributed by atoms with van der Waals surface area (Å²) >= 11 is 0. The number of rotatable bonds is 4. The number of aromatic nitrogens is 2. The molecular formula is C16H19N3O2. The van der Waals surface area contributed by atoms with Gasteiger partial charge in [-0.05, 0) is 44.0 Å². The Balaban J connectivity index is 1.75. The Morgan fingerprint density at radius 3 is 2.71 bits per heavy atom. The lowest BCUT2D eigenvalue weighted by Crippen LogP contribution is -2.32. The fourth-order valence-corrected chi connectivity index (χ4v) is 2.43. The minimum absolute atomic E-state index is 0.194. The summed E-state index contributed by atoms with van der Waals surface area (Å²) in [6, 6.07) is 7.61. The summed E-state index contributed by atoms with van der Waals surface area (Å²) in [4.78, 5) is 24.5. The molecular weight excluding hydrogens is 266 g/mol. The molecule has 1 fully saturated rings. The van der Waals surface area contributed by atoms with E-state index in [0.29, 0.717) is 6.54 Å². The number of amides is 1. The van der Waals surface area contributed by atoms with E-state index in [1.807, 2.05) is 30.7 Å². The predicted molar refractivity (Wildman–Crippen MR) is 80.3 cm³/mol. The highest BCUT2D eigenvalue weighted by Gasteiger charge is 2.25. The summed E-state index contributed by atoms with van der Waals surface area (Å²) in [5, 5.41) is 2.82. The van der Waals surface area contributed by atoms with Gasteiger partial charge in [0.1, 0.15) is 5.56 Å². The third-order valence-electron chi connectivity index (χ3n) is 4.07. The van der Waals surface area contributed by atoms with E-state index < -0.39 is 0 Å². The minimum Gasteiger partial charge on any atom is -0.350 e. The number of aryl methyl sites for hydroxylation is 1.